The fourth-order valence-electron chi connectivity index (χ4n) is 4.88. The Morgan fingerprint density at radius 3 is 1.69 bits per heavy atom. The number of anilines is 1. The topological polar surface area (TPSA) is 74.7 Å². The monoisotopic (exact) mass is 393 g/mol. The molecule has 1 N–H and O–H groups in total. The molecule has 0 unspecified atom stereocenters. The molecule has 5 heteroatoms. The largest absolute Gasteiger partial charge is 0.478 e. The molecule has 0 spiro atoms. The highest BCUT2D eigenvalue weighted by Gasteiger charge is 2.44. The van der Waals surface area contributed by atoms with Crippen molar-refractivity contribution in [2.24, 2.45) is 10.8 Å². The molecule has 1 aromatic rings. The van der Waals surface area contributed by atoms with Gasteiger partial charge < -0.3 is 10.0 Å². The van der Waals surface area contributed by atoms with Crippen molar-refractivity contribution in [2.75, 3.05) is 4.90 Å². The summed E-state index contributed by atoms with van der Waals surface area (Å²) in [6.45, 7) is 8.39. The number of allylic oxidation sites excluding steroid dienone is 4. The van der Waals surface area contributed by atoms with Gasteiger partial charge in [-0.05, 0) is 47.9 Å². The first-order chi connectivity index (χ1) is 13.5. The molecular weight excluding hydrogens is 366 g/mol. The van der Waals surface area contributed by atoms with Gasteiger partial charge in [0.05, 0.1) is 5.56 Å². The van der Waals surface area contributed by atoms with Crippen LogP contribution in [-0.2, 0) is 9.59 Å². The molecular formula is C24H27NO4. The molecule has 4 rings (SSSR count). The van der Waals surface area contributed by atoms with Gasteiger partial charge in [0.1, 0.15) is 0 Å². The third kappa shape index (κ3) is 3.43. The third-order valence-electron chi connectivity index (χ3n) is 6.21. The summed E-state index contributed by atoms with van der Waals surface area (Å²) in [6.07, 6.45) is 2.90. The van der Waals surface area contributed by atoms with Crippen LogP contribution in [0.1, 0.15) is 70.2 Å². The summed E-state index contributed by atoms with van der Waals surface area (Å²) in [4.78, 5) is 39.3. The number of benzene rings is 1. The van der Waals surface area contributed by atoms with Gasteiger partial charge in [-0.15, -0.1) is 0 Å². The molecule has 2 aliphatic carbocycles. The van der Waals surface area contributed by atoms with Crippen LogP contribution >= 0.6 is 0 Å². The first kappa shape index (κ1) is 19.6. The standard InChI is InChI=1S/C24H27NO4/c1-23(2)10-18-16(20(26)12-23)9-17-19(11-24(3,4)13-21(17)27)25(18)15-7-5-14(6-8-15)22(28)29/h5-8H,9-13H2,1-4H3,(H,28,29). The summed E-state index contributed by atoms with van der Waals surface area (Å²) >= 11 is 0. The van der Waals surface area contributed by atoms with Crippen LogP contribution in [0.15, 0.2) is 46.8 Å². The molecule has 0 atom stereocenters. The summed E-state index contributed by atoms with van der Waals surface area (Å²) in [7, 11) is 0. The average Bonchev–Trinajstić information content (AvgIpc) is 2.59. The molecule has 0 amide bonds. The minimum absolute atomic E-state index is 0.118. The number of hydrogen-bond donors (Lipinski definition) is 1. The molecule has 0 bridgehead atoms. The number of aromatic carboxylic acids is 1. The lowest BCUT2D eigenvalue weighted by Gasteiger charge is -2.46. The SMILES string of the molecule is CC1(C)CC(=O)C2=C(C1)N(c1ccc(C(=O)O)cc1)C1=C(C2)C(=O)CC(C)(C)C1. The van der Waals surface area contributed by atoms with Gasteiger partial charge >= 0.3 is 5.97 Å². The molecule has 0 saturated carbocycles. The molecule has 0 radical (unpaired) electrons. The summed E-state index contributed by atoms with van der Waals surface area (Å²) < 4.78 is 0. The maximum atomic E-state index is 13.0. The number of Topliss-reactive ketones (excluding diaryl/α,β-unsaturated/α-hetero) is 2. The van der Waals surface area contributed by atoms with E-state index in [-0.39, 0.29) is 28.0 Å². The molecule has 0 fully saturated rings. The Kier molecular flexibility index (Phi) is 4.34. The zero-order valence-corrected chi connectivity index (χ0v) is 17.5. The summed E-state index contributed by atoms with van der Waals surface area (Å²) in [5.41, 5.74) is 4.16. The lowest BCUT2D eigenvalue weighted by atomic mass is 9.68. The lowest BCUT2D eigenvalue weighted by Crippen LogP contribution is -2.41. The van der Waals surface area contributed by atoms with Crippen molar-refractivity contribution >= 4 is 23.2 Å². The number of rotatable bonds is 2. The van der Waals surface area contributed by atoms with Gasteiger partial charge in [0.15, 0.2) is 11.6 Å². The number of carbonyl (C=O) groups is 3. The van der Waals surface area contributed by atoms with E-state index in [0.717, 1.165) is 41.1 Å². The summed E-state index contributed by atoms with van der Waals surface area (Å²) in [5.74, 6) is -0.738. The highest BCUT2D eigenvalue weighted by Crippen LogP contribution is 2.50. The van der Waals surface area contributed by atoms with Crippen molar-refractivity contribution in [3.8, 4) is 0 Å². The van der Waals surface area contributed by atoms with Crippen LogP contribution in [0.5, 0.6) is 0 Å². The Balaban J connectivity index is 1.89. The molecule has 5 nitrogen and oxygen atoms in total. The fourth-order valence-corrected chi connectivity index (χ4v) is 4.88. The molecule has 0 saturated heterocycles. The summed E-state index contributed by atoms with van der Waals surface area (Å²) in [6, 6.07) is 6.72. The van der Waals surface area contributed by atoms with Crippen LogP contribution in [0.4, 0.5) is 5.69 Å². The van der Waals surface area contributed by atoms with E-state index in [0.29, 0.717) is 19.3 Å². The van der Waals surface area contributed by atoms with Crippen molar-refractivity contribution in [1.29, 1.82) is 0 Å². The first-order valence-corrected chi connectivity index (χ1v) is 10.1. The summed E-state index contributed by atoms with van der Waals surface area (Å²) in [5, 5.41) is 9.25. The van der Waals surface area contributed by atoms with Crippen molar-refractivity contribution in [3.05, 3.63) is 52.4 Å². The minimum Gasteiger partial charge on any atom is -0.478 e. The van der Waals surface area contributed by atoms with E-state index in [2.05, 4.69) is 32.6 Å². The van der Waals surface area contributed by atoms with Crippen molar-refractivity contribution in [1.82, 2.24) is 0 Å². The first-order valence-electron chi connectivity index (χ1n) is 10.1. The van der Waals surface area contributed by atoms with Gasteiger partial charge in [-0.3, -0.25) is 9.59 Å². The number of nitrogens with zero attached hydrogens (tertiary/aromatic N) is 1. The van der Waals surface area contributed by atoms with E-state index < -0.39 is 5.97 Å². The third-order valence-corrected chi connectivity index (χ3v) is 6.21. The highest BCUT2D eigenvalue weighted by atomic mass is 16.4. The maximum absolute atomic E-state index is 13.0. The van der Waals surface area contributed by atoms with Gasteiger partial charge in [-0.25, -0.2) is 4.79 Å². The van der Waals surface area contributed by atoms with E-state index in [1.807, 2.05) is 0 Å². The smallest absolute Gasteiger partial charge is 0.335 e. The quantitative estimate of drug-likeness (QED) is 0.775. The Hall–Kier alpha value is -2.69. The van der Waals surface area contributed by atoms with E-state index in [4.69, 9.17) is 0 Å². The zero-order valence-electron chi connectivity index (χ0n) is 17.5. The molecule has 1 aromatic carbocycles. The second kappa shape index (κ2) is 6.41. The van der Waals surface area contributed by atoms with Crippen LogP contribution in [0, 0.1) is 10.8 Å². The second-order valence-corrected chi connectivity index (χ2v) is 10.1. The predicted molar refractivity (Wildman–Crippen MR) is 111 cm³/mol. The molecule has 29 heavy (non-hydrogen) atoms. The minimum atomic E-state index is -0.974. The highest BCUT2D eigenvalue weighted by molar-refractivity contribution is 6.05. The number of carbonyl (C=O) groups excluding carboxylic acids is 2. The molecule has 1 heterocycles. The Labute approximate surface area is 171 Å². The van der Waals surface area contributed by atoms with Gasteiger partial charge in [0, 0.05) is 47.5 Å². The van der Waals surface area contributed by atoms with Crippen LogP contribution in [0.25, 0.3) is 0 Å². The second-order valence-electron chi connectivity index (χ2n) is 10.1. The molecule has 152 valence electrons. The molecule has 3 aliphatic rings. The van der Waals surface area contributed by atoms with Gasteiger partial charge in [-0.2, -0.15) is 0 Å². The Morgan fingerprint density at radius 2 is 1.28 bits per heavy atom. The zero-order chi connectivity index (χ0) is 21.1. The van der Waals surface area contributed by atoms with Crippen LogP contribution in [0.2, 0.25) is 0 Å². The van der Waals surface area contributed by atoms with Crippen LogP contribution in [0.3, 0.4) is 0 Å². The normalized spacial score (nSPS) is 23.1. The van der Waals surface area contributed by atoms with Crippen LogP contribution in [-0.4, -0.2) is 22.6 Å². The van der Waals surface area contributed by atoms with E-state index in [1.165, 1.54) is 0 Å². The van der Waals surface area contributed by atoms with E-state index in [1.54, 1.807) is 24.3 Å². The van der Waals surface area contributed by atoms with Gasteiger partial charge in [0.25, 0.3) is 0 Å². The number of hydrogen-bond acceptors (Lipinski definition) is 4. The Bertz CT molecular complexity index is 940. The van der Waals surface area contributed by atoms with E-state index in [9.17, 15) is 19.5 Å². The number of carboxylic acids is 1. The predicted octanol–water partition coefficient (Wildman–Crippen LogP) is 4.88. The Morgan fingerprint density at radius 1 is 0.828 bits per heavy atom. The maximum Gasteiger partial charge on any atom is 0.335 e. The lowest BCUT2D eigenvalue weighted by molar-refractivity contribution is -0.118. The fraction of sp³-hybridized carbons (Fsp3) is 0.458. The van der Waals surface area contributed by atoms with Crippen molar-refractivity contribution in [2.45, 2.75) is 59.8 Å². The van der Waals surface area contributed by atoms with Gasteiger partial charge in [0.2, 0.25) is 0 Å². The molecule has 0 aromatic heterocycles. The molecule has 1 aliphatic heterocycles. The van der Waals surface area contributed by atoms with Crippen LogP contribution < -0.4 is 4.90 Å². The number of carboxylic acid groups (broad SMARTS) is 1. The van der Waals surface area contributed by atoms with Gasteiger partial charge in [-0.1, -0.05) is 27.7 Å². The van der Waals surface area contributed by atoms with E-state index >= 15 is 0 Å². The average molecular weight is 393 g/mol. The van der Waals surface area contributed by atoms with Crippen molar-refractivity contribution in [3.63, 3.8) is 0 Å². The van der Waals surface area contributed by atoms with Crippen molar-refractivity contribution < 1.29 is 19.5 Å². The number of ketones is 2.